The first-order valence-electron chi connectivity index (χ1n) is 2.09. The van der Waals surface area contributed by atoms with E-state index < -0.39 is 4.58 Å². The van der Waals surface area contributed by atoms with Gasteiger partial charge < -0.3 is 0 Å². The topological polar surface area (TPSA) is 24.1 Å². The van der Waals surface area contributed by atoms with Crippen LogP contribution < -0.4 is 10.6 Å². The zero-order valence-electron chi connectivity index (χ0n) is 3.67. The second kappa shape index (κ2) is 1.78. The molecule has 0 atom stereocenters. The zero-order chi connectivity index (χ0) is 5.33. The molecule has 0 unspecified atom stereocenters. The molecule has 42 valence electrons. The van der Waals surface area contributed by atoms with E-state index in [2.05, 4.69) is 10.6 Å². The maximum atomic E-state index is 5.51. The molecule has 0 aromatic carbocycles. The van der Waals surface area contributed by atoms with Crippen LogP contribution in [-0.4, -0.2) is 17.7 Å². The Morgan fingerprint density at radius 1 is 1.14 bits per heavy atom. The van der Waals surface area contributed by atoms with Crippen LogP contribution in [0.25, 0.3) is 0 Å². The molecule has 1 saturated heterocycles. The van der Waals surface area contributed by atoms with Crippen LogP contribution in [0.3, 0.4) is 0 Å². The third kappa shape index (κ3) is 1.46. The molecule has 1 heterocycles. The maximum Gasteiger partial charge on any atom is 0.224 e. The molecule has 0 aromatic heterocycles. The van der Waals surface area contributed by atoms with Crippen molar-refractivity contribution in [3.63, 3.8) is 0 Å². The maximum absolute atomic E-state index is 5.51. The van der Waals surface area contributed by atoms with Crippen LogP contribution in [0.4, 0.5) is 0 Å². The summed E-state index contributed by atoms with van der Waals surface area (Å²) in [5, 5.41) is 5.63. The van der Waals surface area contributed by atoms with Crippen molar-refractivity contribution < 1.29 is 0 Å². The third-order valence-electron chi connectivity index (χ3n) is 0.819. The van der Waals surface area contributed by atoms with Gasteiger partial charge in [-0.3, -0.25) is 10.6 Å². The van der Waals surface area contributed by atoms with Crippen LogP contribution in [0, 0.1) is 0 Å². The van der Waals surface area contributed by atoms with Gasteiger partial charge in [0, 0.05) is 13.1 Å². The molecule has 0 amide bonds. The van der Waals surface area contributed by atoms with Gasteiger partial charge in [-0.2, -0.15) is 0 Å². The fourth-order valence-corrected chi connectivity index (χ4v) is 0.879. The molecular weight excluding hydrogens is 135 g/mol. The molecule has 1 rings (SSSR count). The highest BCUT2D eigenvalue weighted by molar-refractivity contribution is 6.47. The van der Waals surface area contributed by atoms with Crippen LogP contribution in [0.1, 0.15) is 0 Å². The summed E-state index contributed by atoms with van der Waals surface area (Å²) in [7, 11) is 0. The first-order valence-corrected chi connectivity index (χ1v) is 2.84. The summed E-state index contributed by atoms with van der Waals surface area (Å²) in [5.74, 6) is 0. The van der Waals surface area contributed by atoms with Gasteiger partial charge in [0.15, 0.2) is 0 Å². The van der Waals surface area contributed by atoms with Gasteiger partial charge in [0.1, 0.15) is 0 Å². The normalized spacial score (nSPS) is 28.3. The summed E-state index contributed by atoms with van der Waals surface area (Å²) in [6.45, 7) is 1.68. The van der Waals surface area contributed by atoms with Gasteiger partial charge in [-0.15, -0.1) is 0 Å². The van der Waals surface area contributed by atoms with Gasteiger partial charge in [0.05, 0.1) is 0 Å². The van der Waals surface area contributed by atoms with E-state index in [1.807, 2.05) is 0 Å². The Kier molecular flexibility index (Phi) is 1.44. The lowest BCUT2D eigenvalue weighted by Crippen LogP contribution is -2.36. The monoisotopic (exact) mass is 140 g/mol. The molecule has 1 aliphatic rings. The van der Waals surface area contributed by atoms with Gasteiger partial charge in [-0.05, 0) is 0 Å². The Morgan fingerprint density at radius 2 is 1.57 bits per heavy atom. The van der Waals surface area contributed by atoms with Gasteiger partial charge >= 0.3 is 0 Å². The predicted molar refractivity (Wildman–Crippen MR) is 30.4 cm³/mol. The van der Waals surface area contributed by atoms with Crippen LogP contribution in [0.15, 0.2) is 0 Å². The molecule has 1 aliphatic heterocycles. The average molecular weight is 141 g/mol. The van der Waals surface area contributed by atoms with Crippen molar-refractivity contribution >= 4 is 23.2 Å². The molecule has 2 N–H and O–H groups in total. The Labute approximate surface area is 52.2 Å². The lowest BCUT2D eigenvalue weighted by Gasteiger charge is -2.09. The molecule has 0 bridgehead atoms. The number of hydrogen-bond donors (Lipinski definition) is 2. The Morgan fingerprint density at radius 3 is 1.71 bits per heavy atom. The van der Waals surface area contributed by atoms with Gasteiger partial charge in [-0.25, -0.2) is 0 Å². The standard InChI is InChI=1S/C3H6Cl2N2/c4-3(5)6-1-2-7-3/h6-7H,1-2H2. The highest BCUT2D eigenvalue weighted by Crippen LogP contribution is 2.14. The average Bonchev–Trinajstić information content (AvgIpc) is 1.84. The summed E-state index contributed by atoms with van der Waals surface area (Å²) in [5.41, 5.74) is 0. The van der Waals surface area contributed by atoms with E-state index in [-0.39, 0.29) is 0 Å². The molecule has 0 saturated carbocycles. The molecule has 0 radical (unpaired) electrons. The van der Waals surface area contributed by atoms with E-state index in [1.165, 1.54) is 0 Å². The number of alkyl halides is 2. The minimum atomic E-state index is -0.861. The van der Waals surface area contributed by atoms with E-state index in [1.54, 1.807) is 0 Å². The fourth-order valence-electron chi connectivity index (χ4n) is 0.501. The van der Waals surface area contributed by atoms with Crippen LogP contribution in [-0.2, 0) is 0 Å². The second-order valence-electron chi connectivity index (χ2n) is 1.43. The van der Waals surface area contributed by atoms with E-state index in [0.717, 1.165) is 13.1 Å². The van der Waals surface area contributed by atoms with Crippen LogP contribution in [0.2, 0.25) is 0 Å². The number of halogens is 2. The number of hydrogen-bond acceptors (Lipinski definition) is 2. The third-order valence-corrected chi connectivity index (χ3v) is 1.35. The first kappa shape index (κ1) is 5.63. The summed E-state index contributed by atoms with van der Waals surface area (Å²) in [6, 6.07) is 0. The highest BCUT2D eigenvalue weighted by atomic mass is 35.5. The fraction of sp³-hybridized carbons (Fsp3) is 1.00. The van der Waals surface area contributed by atoms with Crippen LogP contribution in [0.5, 0.6) is 0 Å². The number of rotatable bonds is 0. The van der Waals surface area contributed by atoms with E-state index >= 15 is 0 Å². The Bertz CT molecular complexity index is 65.3. The van der Waals surface area contributed by atoms with E-state index in [9.17, 15) is 0 Å². The smallest absolute Gasteiger partial charge is 0.224 e. The second-order valence-corrected chi connectivity index (χ2v) is 2.76. The SMILES string of the molecule is ClC1(Cl)NCCN1. The van der Waals surface area contributed by atoms with E-state index in [4.69, 9.17) is 23.2 Å². The summed E-state index contributed by atoms with van der Waals surface area (Å²) < 4.78 is -0.861. The zero-order valence-corrected chi connectivity index (χ0v) is 5.18. The molecule has 7 heavy (non-hydrogen) atoms. The van der Waals surface area contributed by atoms with Crippen molar-refractivity contribution in [2.45, 2.75) is 4.58 Å². The van der Waals surface area contributed by atoms with Crippen molar-refractivity contribution in [3.05, 3.63) is 0 Å². The highest BCUT2D eigenvalue weighted by Gasteiger charge is 2.25. The molecule has 2 nitrogen and oxygen atoms in total. The predicted octanol–water partition coefficient (Wildman–Crippen LogP) is 0.268. The summed E-state index contributed by atoms with van der Waals surface area (Å²) >= 11 is 11.0. The molecule has 1 fully saturated rings. The lowest BCUT2D eigenvalue weighted by molar-refractivity contribution is 0.663. The summed E-state index contributed by atoms with van der Waals surface area (Å²) in [4.78, 5) is 0. The molecule has 0 spiro atoms. The van der Waals surface area contributed by atoms with Gasteiger partial charge in [0.2, 0.25) is 4.58 Å². The van der Waals surface area contributed by atoms with Crippen molar-refractivity contribution in [2.24, 2.45) is 0 Å². The van der Waals surface area contributed by atoms with Crippen molar-refractivity contribution in [1.82, 2.24) is 10.6 Å². The molecular formula is C3H6Cl2N2. The van der Waals surface area contributed by atoms with Crippen LogP contribution >= 0.6 is 23.2 Å². The first-order chi connectivity index (χ1) is 3.21. The lowest BCUT2D eigenvalue weighted by atomic mass is 10.7. The van der Waals surface area contributed by atoms with Crippen molar-refractivity contribution in [3.8, 4) is 0 Å². The quantitative estimate of drug-likeness (QED) is 0.373. The molecule has 0 aliphatic carbocycles. The minimum Gasteiger partial charge on any atom is -0.272 e. The summed E-state index contributed by atoms with van der Waals surface area (Å²) in [6.07, 6.45) is 0. The van der Waals surface area contributed by atoms with Gasteiger partial charge in [0.25, 0.3) is 0 Å². The Balaban J connectivity index is 2.40. The van der Waals surface area contributed by atoms with Gasteiger partial charge in [-0.1, -0.05) is 23.2 Å². The van der Waals surface area contributed by atoms with Crippen molar-refractivity contribution in [1.29, 1.82) is 0 Å². The Hall–Kier alpha value is 0.500. The minimum absolute atomic E-state index is 0.840. The number of nitrogens with one attached hydrogen (secondary N) is 2. The van der Waals surface area contributed by atoms with E-state index in [0.29, 0.717) is 0 Å². The molecule has 0 aromatic rings. The largest absolute Gasteiger partial charge is 0.272 e. The molecule has 4 heteroatoms. The van der Waals surface area contributed by atoms with Crippen molar-refractivity contribution in [2.75, 3.05) is 13.1 Å².